The number of aliphatic carboxylic acids is 2. The molecule has 0 spiro atoms. The molecule has 10 heteroatoms. The lowest BCUT2D eigenvalue weighted by Crippen LogP contribution is -2.58. The Balaban J connectivity index is 1.42. The fourth-order valence-electron chi connectivity index (χ4n) is 7.57. The normalized spacial score (nSPS) is 23.7. The average Bonchev–Trinajstić information content (AvgIpc) is 3.02. The van der Waals surface area contributed by atoms with Crippen molar-refractivity contribution in [2.45, 2.75) is 56.2 Å². The summed E-state index contributed by atoms with van der Waals surface area (Å²) in [7, 11) is 0. The molecule has 1 fully saturated rings. The van der Waals surface area contributed by atoms with Gasteiger partial charge in [0.25, 0.3) is 0 Å². The molecule has 0 bridgehead atoms. The molecule has 0 aliphatic carbocycles. The Kier molecular flexibility index (Phi) is 8.98. The zero-order chi connectivity index (χ0) is 32.4. The molecule has 3 aromatic carbocycles. The van der Waals surface area contributed by atoms with Crippen LogP contribution in [0, 0.1) is 5.41 Å². The molecule has 45 heavy (non-hydrogen) atoms. The van der Waals surface area contributed by atoms with E-state index in [4.69, 9.17) is 5.73 Å². The SMILES string of the molecule is CC1NC(N)=C(C(=O)O)C(c2ccccc2C(F)(F)F)C1(CCCN1CCC(c2ccccc2)(c2ccccc2)CC1)C(=O)O. The van der Waals surface area contributed by atoms with E-state index in [0.29, 0.717) is 13.0 Å². The molecule has 0 amide bonds. The third-order valence-electron chi connectivity index (χ3n) is 9.87. The van der Waals surface area contributed by atoms with Crippen LogP contribution in [-0.4, -0.2) is 52.7 Å². The summed E-state index contributed by atoms with van der Waals surface area (Å²) in [5, 5.41) is 23.7. The molecule has 5 rings (SSSR count). The lowest BCUT2D eigenvalue weighted by molar-refractivity contribution is -0.155. The molecule has 1 saturated heterocycles. The third-order valence-corrected chi connectivity index (χ3v) is 9.87. The lowest BCUT2D eigenvalue weighted by Gasteiger charge is -2.47. The van der Waals surface area contributed by atoms with Crippen molar-refractivity contribution >= 4 is 11.9 Å². The highest BCUT2D eigenvalue weighted by atomic mass is 19.4. The van der Waals surface area contributed by atoms with Crippen molar-refractivity contribution in [2.75, 3.05) is 19.6 Å². The Labute approximate surface area is 260 Å². The van der Waals surface area contributed by atoms with Gasteiger partial charge in [0.15, 0.2) is 0 Å². The number of carboxylic acid groups (broad SMARTS) is 2. The number of hydrogen-bond acceptors (Lipinski definition) is 5. The van der Waals surface area contributed by atoms with E-state index in [1.54, 1.807) is 0 Å². The number of carboxylic acids is 2. The summed E-state index contributed by atoms with van der Waals surface area (Å²) in [4.78, 5) is 27.9. The zero-order valence-corrected chi connectivity index (χ0v) is 25.1. The molecular formula is C35H38F3N3O4. The molecular weight excluding hydrogens is 583 g/mol. The van der Waals surface area contributed by atoms with Gasteiger partial charge in [-0.05, 0) is 75.0 Å². The van der Waals surface area contributed by atoms with Crippen molar-refractivity contribution in [3.8, 4) is 0 Å². The van der Waals surface area contributed by atoms with Crippen LogP contribution in [0.1, 0.15) is 60.8 Å². The molecule has 0 radical (unpaired) electrons. The quantitative estimate of drug-likeness (QED) is 0.233. The molecule has 3 unspecified atom stereocenters. The zero-order valence-electron chi connectivity index (χ0n) is 25.1. The van der Waals surface area contributed by atoms with Gasteiger partial charge in [0.1, 0.15) is 5.82 Å². The fraction of sp³-hybridized carbons (Fsp3) is 0.371. The maximum atomic E-state index is 14.2. The van der Waals surface area contributed by atoms with Gasteiger partial charge < -0.3 is 26.2 Å². The van der Waals surface area contributed by atoms with Crippen LogP contribution in [0.5, 0.6) is 0 Å². The molecule has 238 valence electrons. The maximum absolute atomic E-state index is 14.2. The molecule has 3 aromatic rings. The minimum Gasteiger partial charge on any atom is -0.481 e. The van der Waals surface area contributed by atoms with E-state index < -0.39 is 52.2 Å². The fourth-order valence-corrected chi connectivity index (χ4v) is 7.57. The van der Waals surface area contributed by atoms with E-state index in [1.165, 1.54) is 30.2 Å². The lowest BCUT2D eigenvalue weighted by atomic mass is 9.60. The summed E-state index contributed by atoms with van der Waals surface area (Å²) in [5.41, 5.74) is 4.39. The van der Waals surface area contributed by atoms with E-state index in [2.05, 4.69) is 34.5 Å². The van der Waals surface area contributed by atoms with Crippen molar-refractivity contribution < 1.29 is 33.0 Å². The van der Waals surface area contributed by atoms with Gasteiger partial charge in [-0.3, -0.25) is 4.79 Å². The largest absolute Gasteiger partial charge is 0.481 e. The Hall–Kier alpha value is -4.31. The van der Waals surface area contributed by atoms with Crippen LogP contribution in [0.15, 0.2) is 96.3 Å². The van der Waals surface area contributed by atoms with Crippen molar-refractivity contribution in [1.29, 1.82) is 0 Å². The molecule has 0 aromatic heterocycles. The number of benzene rings is 3. The Bertz CT molecular complexity index is 1510. The van der Waals surface area contributed by atoms with Crippen molar-refractivity contribution in [2.24, 2.45) is 11.1 Å². The van der Waals surface area contributed by atoms with E-state index in [-0.39, 0.29) is 17.7 Å². The molecule has 2 aliphatic heterocycles. The smallest absolute Gasteiger partial charge is 0.416 e. The summed E-state index contributed by atoms with van der Waals surface area (Å²) >= 11 is 0. The Morgan fingerprint density at radius 1 is 0.911 bits per heavy atom. The summed E-state index contributed by atoms with van der Waals surface area (Å²) < 4.78 is 42.7. The average molecular weight is 622 g/mol. The number of nitrogens with two attached hydrogens (primary N) is 1. The number of likely N-dealkylation sites (tertiary alicyclic amines) is 1. The van der Waals surface area contributed by atoms with Gasteiger partial charge in [0.05, 0.1) is 16.6 Å². The first-order chi connectivity index (χ1) is 21.4. The number of carbonyl (C=O) groups is 2. The maximum Gasteiger partial charge on any atom is 0.416 e. The molecule has 2 aliphatic rings. The molecule has 0 saturated carbocycles. The topological polar surface area (TPSA) is 116 Å². The van der Waals surface area contributed by atoms with Crippen LogP contribution in [-0.2, 0) is 21.2 Å². The van der Waals surface area contributed by atoms with Gasteiger partial charge in [0, 0.05) is 17.4 Å². The first kappa shape index (κ1) is 32.1. The first-order valence-electron chi connectivity index (χ1n) is 15.1. The first-order valence-corrected chi connectivity index (χ1v) is 15.1. The minimum atomic E-state index is -4.83. The summed E-state index contributed by atoms with van der Waals surface area (Å²) in [6.45, 7) is 3.53. The Morgan fingerprint density at radius 3 is 1.96 bits per heavy atom. The summed E-state index contributed by atoms with van der Waals surface area (Å²) in [5.74, 6) is -4.90. The van der Waals surface area contributed by atoms with Crippen molar-refractivity contribution in [1.82, 2.24) is 10.2 Å². The highest BCUT2D eigenvalue weighted by Gasteiger charge is 2.58. The second kappa shape index (κ2) is 12.6. The predicted octanol–water partition coefficient (Wildman–Crippen LogP) is 5.97. The van der Waals surface area contributed by atoms with Gasteiger partial charge in [-0.25, -0.2) is 4.79 Å². The van der Waals surface area contributed by atoms with Gasteiger partial charge in [-0.15, -0.1) is 0 Å². The highest BCUT2D eigenvalue weighted by molar-refractivity contribution is 5.93. The highest BCUT2D eigenvalue weighted by Crippen LogP contribution is 2.53. The van der Waals surface area contributed by atoms with E-state index in [9.17, 15) is 33.0 Å². The number of halogens is 3. The number of hydrogen-bond donors (Lipinski definition) is 4. The monoisotopic (exact) mass is 621 g/mol. The standard InChI is InChI=1S/C35H38F3N3O4/c1-23-34(32(44)45,29(28(31(42)43)30(39)40-23)26-15-8-9-16-27(26)35(36,37)38)17-10-20-41-21-18-33(19-22-41,24-11-4-2-5-12-24)25-13-6-3-7-14-25/h2-9,11-16,23,29,40H,10,17-22,39H2,1H3,(H,42,43)(H,44,45). The van der Waals surface area contributed by atoms with E-state index in [1.807, 2.05) is 36.4 Å². The van der Waals surface area contributed by atoms with Crippen LogP contribution in [0.3, 0.4) is 0 Å². The predicted molar refractivity (Wildman–Crippen MR) is 164 cm³/mol. The number of nitrogens with zero attached hydrogens (tertiary/aromatic N) is 1. The minimum absolute atomic E-state index is 0.0591. The molecule has 5 N–H and O–H groups in total. The van der Waals surface area contributed by atoms with Crippen molar-refractivity contribution in [3.05, 3.63) is 119 Å². The van der Waals surface area contributed by atoms with Gasteiger partial charge in [0.2, 0.25) is 0 Å². The van der Waals surface area contributed by atoms with Gasteiger partial charge in [-0.2, -0.15) is 13.2 Å². The second-order valence-corrected chi connectivity index (χ2v) is 12.1. The van der Waals surface area contributed by atoms with Crippen molar-refractivity contribution in [3.63, 3.8) is 0 Å². The molecule has 7 nitrogen and oxygen atoms in total. The van der Waals surface area contributed by atoms with E-state index >= 15 is 0 Å². The number of rotatable bonds is 9. The van der Waals surface area contributed by atoms with Crippen LogP contribution in [0.2, 0.25) is 0 Å². The molecule has 3 atom stereocenters. The number of nitrogens with one attached hydrogen (secondary N) is 1. The Morgan fingerprint density at radius 2 is 1.44 bits per heavy atom. The van der Waals surface area contributed by atoms with Crippen LogP contribution in [0.4, 0.5) is 13.2 Å². The third kappa shape index (κ3) is 5.91. The summed E-state index contributed by atoms with van der Waals surface area (Å²) in [6, 6.07) is 24.4. The second-order valence-electron chi connectivity index (χ2n) is 12.1. The summed E-state index contributed by atoms with van der Waals surface area (Å²) in [6.07, 6.45) is -2.87. The van der Waals surface area contributed by atoms with Crippen LogP contribution >= 0.6 is 0 Å². The number of alkyl halides is 3. The van der Waals surface area contributed by atoms with Crippen LogP contribution < -0.4 is 11.1 Å². The van der Waals surface area contributed by atoms with Gasteiger partial charge in [-0.1, -0.05) is 78.9 Å². The molecule has 2 heterocycles. The van der Waals surface area contributed by atoms with Gasteiger partial charge >= 0.3 is 18.1 Å². The van der Waals surface area contributed by atoms with E-state index in [0.717, 1.165) is 38.1 Å². The van der Waals surface area contributed by atoms with Crippen LogP contribution in [0.25, 0.3) is 0 Å². The number of piperidine rings is 1.